The van der Waals surface area contributed by atoms with E-state index in [0.29, 0.717) is 23.2 Å². The molecule has 0 bridgehead atoms. The molecule has 3 heterocycles. The molecule has 0 aromatic carbocycles. The smallest absolute Gasteiger partial charge is 0.270 e. The topological polar surface area (TPSA) is 57.2 Å². The van der Waals surface area contributed by atoms with Gasteiger partial charge in [0.25, 0.3) is 5.91 Å². The third-order valence-corrected chi connectivity index (χ3v) is 5.12. The molecular formula is C17H24ClN5O. The van der Waals surface area contributed by atoms with E-state index in [1.807, 2.05) is 26.6 Å². The lowest BCUT2D eigenvalue weighted by Crippen LogP contribution is -2.43. The Labute approximate surface area is 147 Å². The minimum absolute atomic E-state index is 0.0288. The quantitative estimate of drug-likeness (QED) is 0.922. The van der Waals surface area contributed by atoms with Gasteiger partial charge >= 0.3 is 0 Å². The Morgan fingerprint density at radius 1 is 1.50 bits per heavy atom. The fourth-order valence-corrected chi connectivity index (χ4v) is 3.87. The molecule has 0 unspecified atom stereocenters. The largest absolute Gasteiger partial charge is 0.356 e. The number of halogens is 1. The fraction of sp³-hybridized carbons (Fsp3) is 0.529. The summed E-state index contributed by atoms with van der Waals surface area (Å²) >= 11 is 5.91. The number of H-pyrrole nitrogens is 1. The zero-order valence-electron chi connectivity index (χ0n) is 14.4. The molecule has 0 saturated carbocycles. The molecule has 0 spiro atoms. The first kappa shape index (κ1) is 17.0. The number of rotatable bonds is 4. The van der Waals surface area contributed by atoms with Crippen LogP contribution in [0.2, 0.25) is 5.02 Å². The summed E-state index contributed by atoms with van der Waals surface area (Å²) in [4.78, 5) is 23.9. The van der Waals surface area contributed by atoms with Gasteiger partial charge in [-0.25, -0.2) is 4.98 Å². The number of carbonyl (C=O) groups excluding carboxylic acids is 1. The van der Waals surface area contributed by atoms with Crippen LogP contribution in [0.15, 0.2) is 24.8 Å². The summed E-state index contributed by atoms with van der Waals surface area (Å²) in [7, 11) is 6.03. The molecule has 1 saturated heterocycles. The first-order valence-electron chi connectivity index (χ1n) is 8.23. The Morgan fingerprint density at radius 3 is 2.92 bits per heavy atom. The molecule has 24 heavy (non-hydrogen) atoms. The third kappa shape index (κ3) is 3.35. The number of carbonyl (C=O) groups is 1. The second-order valence-corrected chi connectivity index (χ2v) is 7.11. The van der Waals surface area contributed by atoms with Gasteiger partial charge in [0, 0.05) is 33.0 Å². The van der Waals surface area contributed by atoms with E-state index in [4.69, 9.17) is 11.6 Å². The number of likely N-dealkylation sites (tertiary alicyclic amines) is 1. The summed E-state index contributed by atoms with van der Waals surface area (Å²) in [6.07, 6.45) is 7.65. The second-order valence-electron chi connectivity index (χ2n) is 6.67. The van der Waals surface area contributed by atoms with Crippen molar-refractivity contribution in [3.63, 3.8) is 0 Å². The molecule has 0 radical (unpaired) electrons. The molecule has 2 aromatic rings. The van der Waals surface area contributed by atoms with Crippen molar-refractivity contribution in [1.82, 2.24) is 24.3 Å². The molecule has 1 fully saturated rings. The van der Waals surface area contributed by atoms with Crippen molar-refractivity contribution in [2.75, 3.05) is 27.2 Å². The average molecular weight is 350 g/mol. The summed E-state index contributed by atoms with van der Waals surface area (Å²) in [5.74, 6) is 0.345. The summed E-state index contributed by atoms with van der Waals surface area (Å²) in [5, 5.41) is 0.553. The molecule has 0 aliphatic carbocycles. The van der Waals surface area contributed by atoms with E-state index in [0.717, 1.165) is 19.4 Å². The Bertz CT molecular complexity index is 709. The highest BCUT2D eigenvalue weighted by molar-refractivity contribution is 6.30. The molecular weight excluding hydrogens is 326 g/mol. The highest BCUT2D eigenvalue weighted by Gasteiger charge is 2.33. The SMILES string of the molecule is CN(C[C@@H]1CCCN(C)[C@H]1c1cncn1C)C(=O)c1cc(Cl)c[nH]1. The van der Waals surface area contributed by atoms with Crippen molar-refractivity contribution in [2.45, 2.75) is 18.9 Å². The van der Waals surface area contributed by atoms with Gasteiger partial charge in [-0.3, -0.25) is 9.69 Å². The minimum Gasteiger partial charge on any atom is -0.356 e. The Hall–Kier alpha value is -1.79. The van der Waals surface area contributed by atoms with Gasteiger partial charge in [0.05, 0.1) is 23.1 Å². The van der Waals surface area contributed by atoms with Gasteiger partial charge in [-0.2, -0.15) is 0 Å². The van der Waals surface area contributed by atoms with Crippen LogP contribution in [0.4, 0.5) is 0 Å². The van der Waals surface area contributed by atoms with Crippen LogP contribution in [0.5, 0.6) is 0 Å². The number of piperidine rings is 1. The third-order valence-electron chi connectivity index (χ3n) is 4.90. The predicted octanol–water partition coefficient (Wildman–Crippen LogP) is 2.56. The monoisotopic (exact) mass is 349 g/mol. The van der Waals surface area contributed by atoms with Crippen LogP contribution in [-0.2, 0) is 7.05 Å². The van der Waals surface area contributed by atoms with E-state index in [1.54, 1.807) is 17.2 Å². The van der Waals surface area contributed by atoms with E-state index in [1.165, 1.54) is 5.69 Å². The van der Waals surface area contributed by atoms with E-state index in [2.05, 4.69) is 26.5 Å². The summed E-state index contributed by atoms with van der Waals surface area (Å²) in [6, 6.07) is 1.94. The molecule has 1 N–H and O–H groups in total. The molecule has 2 aromatic heterocycles. The van der Waals surface area contributed by atoms with Gasteiger partial charge in [-0.1, -0.05) is 11.6 Å². The molecule has 130 valence electrons. The van der Waals surface area contributed by atoms with Crippen LogP contribution in [0, 0.1) is 5.92 Å². The Kier molecular flexibility index (Phi) is 4.96. The Balaban J connectivity index is 1.76. The van der Waals surface area contributed by atoms with Gasteiger partial charge in [0.2, 0.25) is 0 Å². The summed E-state index contributed by atoms with van der Waals surface area (Å²) < 4.78 is 2.08. The highest BCUT2D eigenvalue weighted by Crippen LogP contribution is 2.35. The first-order valence-corrected chi connectivity index (χ1v) is 8.61. The maximum atomic E-state index is 12.6. The second kappa shape index (κ2) is 6.99. The number of hydrogen-bond acceptors (Lipinski definition) is 3. The zero-order valence-corrected chi connectivity index (χ0v) is 15.1. The van der Waals surface area contributed by atoms with Crippen molar-refractivity contribution in [1.29, 1.82) is 0 Å². The lowest BCUT2D eigenvalue weighted by atomic mass is 9.87. The van der Waals surface area contributed by atoms with Gasteiger partial charge in [-0.05, 0) is 38.4 Å². The fourth-order valence-electron chi connectivity index (χ4n) is 3.70. The first-order chi connectivity index (χ1) is 11.5. The molecule has 1 amide bonds. The standard InChI is InChI=1S/C17H24ClN5O/c1-21-6-4-5-12(16(21)15-9-19-11-23(15)3)10-22(2)17(24)14-7-13(18)8-20-14/h7-9,11-12,16,20H,4-6,10H2,1-3H3/t12-,16+/m0/s1. The van der Waals surface area contributed by atoms with E-state index < -0.39 is 0 Å². The number of nitrogens with zero attached hydrogens (tertiary/aromatic N) is 4. The van der Waals surface area contributed by atoms with Crippen LogP contribution < -0.4 is 0 Å². The molecule has 6 nitrogen and oxygen atoms in total. The van der Waals surface area contributed by atoms with Gasteiger partial charge in [0.15, 0.2) is 0 Å². The van der Waals surface area contributed by atoms with Crippen molar-refractivity contribution >= 4 is 17.5 Å². The summed E-state index contributed by atoms with van der Waals surface area (Å²) in [6.45, 7) is 1.77. The number of aromatic nitrogens is 3. The molecule has 7 heteroatoms. The van der Waals surface area contributed by atoms with Crippen LogP contribution in [0.25, 0.3) is 0 Å². The zero-order chi connectivity index (χ0) is 17.3. The van der Waals surface area contributed by atoms with Crippen LogP contribution in [0.1, 0.15) is 35.1 Å². The lowest BCUT2D eigenvalue weighted by molar-refractivity contribution is 0.0628. The van der Waals surface area contributed by atoms with E-state index >= 15 is 0 Å². The van der Waals surface area contributed by atoms with Crippen molar-refractivity contribution in [3.8, 4) is 0 Å². The van der Waals surface area contributed by atoms with E-state index in [9.17, 15) is 4.79 Å². The normalized spacial score (nSPS) is 21.8. The van der Waals surface area contributed by atoms with Crippen molar-refractivity contribution < 1.29 is 4.79 Å². The van der Waals surface area contributed by atoms with Crippen LogP contribution in [-0.4, -0.2) is 57.4 Å². The number of amides is 1. The minimum atomic E-state index is -0.0288. The van der Waals surface area contributed by atoms with Gasteiger partial charge in [-0.15, -0.1) is 0 Å². The maximum absolute atomic E-state index is 12.6. The molecule has 3 rings (SSSR count). The van der Waals surface area contributed by atoms with Crippen LogP contribution >= 0.6 is 11.6 Å². The lowest BCUT2D eigenvalue weighted by Gasteiger charge is -2.40. The number of imidazole rings is 1. The van der Waals surface area contributed by atoms with E-state index in [-0.39, 0.29) is 11.9 Å². The number of nitrogens with one attached hydrogen (secondary N) is 1. The number of aryl methyl sites for hydroxylation is 1. The van der Waals surface area contributed by atoms with Crippen LogP contribution in [0.3, 0.4) is 0 Å². The van der Waals surface area contributed by atoms with Crippen molar-refractivity contribution in [3.05, 3.63) is 41.2 Å². The number of hydrogen-bond donors (Lipinski definition) is 1. The predicted molar refractivity (Wildman–Crippen MR) is 94.1 cm³/mol. The maximum Gasteiger partial charge on any atom is 0.270 e. The molecule has 1 aliphatic rings. The van der Waals surface area contributed by atoms with Crippen molar-refractivity contribution in [2.24, 2.45) is 13.0 Å². The van der Waals surface area contributed by atoms with Gasteiger partial charge < -0.3 is 14.5 Å². The Morgan fingerprint density at radius 2 is 2.29 bits per heavy atom. The number of aromatic amines is 1. The molecule has 1 aliphatic heterocycles. The molecule has 2 atom stereocenters. The highest BCUT2D eigenvalue weighted by atomic mass is 35.5. The van der Waals surface area contributed by atoms with Gasteiger partial charge in [0.1, 0.15) is 5.69 Å². The average Bonchev–Trinajstić information content (AvgIpc) is 3.15. The summed E-state index contributed by atoms with van der Waals surface area (Å²) in [5.41, 5.74) is 1.73.